The molecule has 0 bridgehead atoms. The molecule has 0 aliphatic heterocycles. The van der Waals surface area contributed by atoms with Crippen LogP contribution in [-0.4, -0.2) is 11.4 Å². The first-order valence-electron chi connectivity index (χ1n) is 6.35. The van der Waals surface area contributed by atoms with Gasteiger partial charge >= 0.3 is 0 Å². The Labute approximate surface area is 113 Å². The van der Waals surface area contributed by atoms with E-state index >= 15 is 0 Å². The summed E-state index contributed by atoms with van der Waals surface area (Å²) in [7, 11) is 0. The van der Waals surface area contributed by atoms with Gasteiger partial charge in [-0.2, -0.15) is 0 Å². The van der Waals surface area contributed by atoms with Gasteiger partial charge in [-0.1, -0.05) is 30.3 Å². The summed E-state index contributed by atoms with van der Waals surface area (Å²) >= 11 is 0. The zero-order valence-electron chi connectivity index (χ0n) is 11.8. The van der Waals surface area contributed by atoms with Gasteiger partial charge in [-0.25, -0.2) is 0 Å². The van der Waals surface area contributed by atoms with Crippen molar-refractivity contribution in [3.05, 3.63) is 47.7 Å². The third-order valence-electron chi connectivity index (χ3n) is 2.71. The van der Waals surface area contributed by atoms with E-state index in [0.717, 1.165) is 11.3 Å². The molecule has 2 aromatic rings. The zero-order valence-corrected chi connectivity index (χ0v) is 11.8. The largest absolute Gasteiger partial charge is 0.461 e. The highest BCUT2D eigenvalue weighted by molar-refractivity contribution is 5.96. The van der Waals surface area contributed by atoms with E-state index in [4.69, 9.17) is 4.42 Å². The molecule has 0 saturated carbocycles. The van der Waals surface area contributed by atoms with Crippen LogP contribution in [0.3, 0.4) is 0 Å². The van der Waals surface area contributed by atoms with Gasteiger partial charge in [-0.3, -0.25) is 4.79 Å². The van der Waals surface area contributed by atoms with Gasteiger partial charge in [0, 0.05) is 11.1 Å². The highest BCUT2D eigenvalue weighted by Crippen LogP contribution is 2.25. The van der Waals surface area contributed by atoms with Crippen LogP contribution in [0.15, 0.2) is 40.8 Å². The minimum Gasteiger partial charge on any atom is -0.461 e. The first kappa shape index (κ1) is 13.4. The van der Waals surface area contributed by atoms with E-state index in [1.54, 1.807) is 6.07 Å². The fourth-order valence-corrected chi connectivity index (χ4v) is 1.86. The Bertz CT molecular complexity index is 577. The van der Waals surface area contributed by atoms with Crippen LogP contribution in [0.25, 0.3) is 11.3 Å². The fourth-order valence-electron chi connectivity index (χ4n) is 1.86. The molecule has 2 rings (SSSR count). The number of amides is 1. The molecule has 0 radical (unpaired) electrons. The molecule has 0 aliphatic carbocycles. The number of hydrogen-bond acceptors (Lipinski definition) is 2. The smallest absolute Gasteiger partial charge is 0.255 e. The molecule has 1 aromatic heterocycles. The van der Waals surface area contributed by atoms with Crippen LogP contribution >= 0.6 is 0 Å². The summed E-state index contributed by atoms with van der Waals surface area (Å²) in [5, 5.41) is 2.94. The number of benzene rings is 1. The van der Waals surface area contributed by atoms with E-state index in [-0.39, 0.29) is 11.4 Å². The van der Waals surface area contributed by atoms with Gasteiger partial charge in [0.1, 0.15) is 11.5 Å². The first-order valence-corrected chi connectivity index (χ1v) is 6.35. The number of rotatable bonds is 2. The number of carbonyl (C=O) groups excluding carboxylic acids is 1. The Morgan fingerprint density at radius 3 is 2.37 bits per heavy atom. The SMILES string of the molecule is Cc1oc(-c2ccccc2)cc1C(=O)NC(C)(C)C. The lowest BCUT2D eigenvalue weighted by Gasteiger charge is -2.20. The summed E-state index contributed by atoms with van der Waals surface area (Å²) in [5.41, 5.74) is 1.31. The van der Waals surface area contributed by atoms with Gasteiger partial charge in [0.15, 0.2) is 0 Å². The lowest BCUT2D eigenvalue weighted by atomic mass is 10.1. The van der Waals surface area contributed by atoms with E-state index in [1.165, 1.54) is 0 Å². The molecule has 3 heteroatoms. The minimum atomic E-state index is -0.256. The van der Waals surface area contributed by atoms with Crippen LogP contribution in [0.4, 0.5) is 0 Å². The van der Waals surface area contributed by atoms with Gasteiger partial charge in [-0.15, -0.1) is 0 Å². The molecule has 100 valence electrons. The fraction of sp³-hybridized carbons (Fsp3) is 0.312. The normalized spacial score (nSPS) is 11.4. The Morgan fingerprint density at radius 1 is 1.16 bits per heavy atom. The second-order valence-electron chi connectivity index (χ2n) is 5.65. The van der Waals surface area contributed by atoms with E-state index in [0.29, 0.717) is 11.3 Å². The maximum Gasteiger partial charge on any atom is 0.255 e. The van der Waals surface area contributed by atoms with Crippen LogP contribution in [0, 0.1) is 6.92 Å². The zero-order chi connectivity index (χ0) is 14.0. The molecule has 3 nitrogen and oxygen atoms in total. The topological polar surface area (TPSA) is 42.2 Å². The predicted molar refractivity (Wildman–Crippen MR) is 76.1 cm³/mol. The molecule has 0 aliphatic rings. The van der Waals surface area contributed by atoms with E-state index in [9.17, 15) is 4.79 Å². The predicted octanol–water partition coefficient (Wildman–Crippen LogP) is 3.78. The highest BCUT2D eigenvalue weighted by Gasteiger charge is 2.20. The first-order chi connectivity index (χ1) is 8.87. The van der Waals surface area contributed by atoms with E-state index < -0.39 is 0 Å². The summed E-state index contributed by atoms with van der Waals surface area (Å²) in [4.78, 5) is 12.2. The highest BCUT2D eigenvalue weighted by atomic mass is 16.3. The number of nitrogens with one attached hydrogen (secondary N) is 1. The number of furan rings is 1. The van der Waals surface area contributed by atoms with Gasteiger partial charge in [0.2, 0.25) is 0 Å². The quantitative estimate of drug-likeness (QED) is 0.889. The summed E-state index contributed by atoms with van der Waals surface area (Å²) < 4.78 is 5.68. The molecule has 0 atom stereocenters. The Balaban J connectivity index is 2.30. The molecule has 0 saturated heterocycles. The van der Waals surface area contributed by atoms with Crippen molar-refractivity contribution in [1.29, 1.82) is 0 Å². The van der Waals surface area contributed by atoms with Crippen molar-refractivity contribution in [3.8, 4) is 11.3 Å². The number of aryl methyl sites for hydroxylation is 1. The molecular weight excluding hydrogens is 238 g/mol. The molecule has 1 aromatic carbocycles. The van der Waals surface area contributed by atoms with Gasteiger partial charge in [0.25, 0.3) is 5.91 Å². The molecule has 1 heterocycles. The van der Waals surface area contributed by atoms with Crippen LogP contribution < -0.4 is 5.32 Å². The summed E-state index contributed by atoms with van der Waals surface area (Å²) in [6, 6.07) is 11.6. The molecule has 0 spiro atoms. The van der Waals surface area contributed by atoms with Crippen molar-refractivity contribution >= 4 is 5.91 Å². The van der Waals surface area contributed by atoms with Crippen molar-refractivity contribution in [2.75, 3.05) is 0 Å². The summed E-state index contributed by atoms with van der Waals surface area (Å²) in [6.45, 7) is 7.68. The second-order valence-corrected chi connectivity index (χ2v) is 5.65. The maximum atomic E-state index is 12.2. The van der Waals surface area contributed by atoms with Crippen LogP contribution in [-0.2, 0) is 0 Å². The van der Waals surface area contributed by atoms with Crippen molar-refractivity contribution in [2.24, 2.45) is 0 Å². The molecular formula is C16H19NO2. The lowest BCUT2D eigenvalue weighted by Crippen LogP contribution is -2.40. The lowest BCUT2D eigenvalue weighted by molar-refractivity contribution is 0.0918. The standard InChI is InChI=1S/C16H19NO2/c1-11-13(15(18)17-16(2,3)4)10-14(19-11)12-8-6-5-7-9-12/h5-10H,1-4H3,(H,17,18). The van der Waals surface area contributed by atoms with Gasteiger partial charge < -0.3 is 9.73 Å². The average molecular weight is 257 g/mol. The Hall–Kier alpha value is -2.03. The molecule has 1 amide bonds. The molecule has 0 fully saturated rings. The third-order valence-corrected chi connectivity index (χ3v) is 2.71. The molecule has 1 N–H and O–H groups in total. The minimum absolute atomic E-state index is 0.101. The molecule has 0 unspecified atom stereocenters. The van der Waals surface area contributed by atoms with Crippen LogP contribution in [0.1, 0.15) is 36.9 Å². The van der Waals surface area contributed by atoms with Crippen LogP contribution in [0.2, 0.25) is 0 Å². The van der Waals surface area contributed by atoms with Crippen molar-refractivity contribution in [1.82, 2.24) is 5.32 Å². The Kier molecular flexibility index (Phi) is 3.47. The maximum absolute atomic E-state index is 12.2. The average Bonchev–Trinajstić information content (AvgIpc) is 2.70. The number of hydrogen-bond donors (Lipinski definition) is 1. The van der Waals surface area contributed by atoms with Crippen molar-refractivity contribution in [3.63, 3.8) is 0 Å². The number of carbonyl (C=O) groups is 1. The third kappa shape index (κ3) is 3.25. The summed E-state index contributed by atoms with van der Waals surface area (Å²) in [5.74, 6) is 1.26. The monoisotopic (exact) mass is 257 g/mol. The second kappa shape index (κ2) is 4.92. The van der Waals surface area contributed by atoms with Gasteiger partial charge in [-0.05, 0) is 33.8 Å². The van der Waals surface area contributed by atoms with E-state index in [1.807, 2.05) is 58.0 Å². The van der Waals surface area contributed by atoms with Gasteiger partial charge in [0.05, 0.1) is 5.56 Å². The van der Waals surface area contributed by atoms with Crippen LogP contribution in [0.5, 0.6) is 0 Å². The van der Waals surface area contributed by atoms with Crippen molar-refractivity contribution < 1.29 is 9.21 Å². The summed E-state index contributed by atoms with van der Waals surface area (Å²) in [6.07, 6.45) is 0. The van der Waals surface area contributed by atoms with E-state index in [2.05, 4.69) is 5.32 Å². The Morgan fingerprint density at radius 2 is 1.79 bits per heavy atom. The van der Waals surface area contributed by atoms with Crippen molar-refractivity contribution in [2.45, 2.75) is 33.2 Å². The molecule has 19 heavy (non-hydrogen) atoms.